The zero-order chi connectivity index (χ0) is 21.2. The number of fused-ring (bicyclic) bond motifs is 1. The van der Waals surface area contributed by atoms with Crippen molar-refractivity contribution in [2.75, 3.05) is 0 Å². The summed E-state index contributed by atoms with van der Waals surface area (Å²) in [6, 6.07) is 6.80. The minimum atomic E-state index is -0.703. The quantitative estimate of drug-likeness (QED) is 0.542. The lowest BCUT2D eigenvalue weighted by Crippen LogP contribution is -2.49. The van der Waals surface area contributed by atoms with E-state index in [1.165, 1.54) is 43.4 Å². The van der Waals surface area contributed by atoms with Crippen LogP contribution in [0.15, 0.2) is 29.8 Å². The zero-order valence-corrected chi connectivity index (χ0v) is 18.5. The number of allylic oxidation sites excluding steroid dienone is 1. The predicted molar refractivity (Wildman–Crippen MR) is 117 cm³/mol. The maximum absolute atomic E-state index is 13.4. The molecule has 0 radical (unpaired) electrons. The molecule has 3 rings (SSSR count). The molecule has 0 bridgehead atoms. The predicted octanol–water partition coefficient (Wildman–Crippen LogP) is 7.34. The molecule has 2 nitrogen and oxygen atoms in total. The molecule has 3 heteroatoms. The Morgan fingerprint density at radius 2 is 1.93 bits per heavy atom. The molecule has 0 aliphatic heterocycles. The average Bonchev–Trinajstić information content (AvgIpc) is 2.61. The molecule has 1 unspecified atom stereocenters. The average molecular weight is 401 g/mol. The third-order valence-electron chi connectivity index (χ3n) is 7.93. The van der Waals surface area contributed by atoms with Gasteiger partial charge in [0.1, 0.15) is 5.82 Å². The van der Waals surface area contributed by atoms with Crippen molar-refractivity contribution in [1.82, 2.24) is 0 Å². The van der Waals surface area contributed by atoms with Gasteiger partial charge in [-0.1, -0.05) is 57.9 Å². The van der Waals surface area contributed by atoms with Crippen LogP contribution in [-0.2, 0) is 4.79 Å². The van der Waals surface area contributed by atoms with E-state index in [0.717, 1.165) is 24.8 Å². The summed E-state index contributed by atoms with van der Waals surface area (Å²) in [5, 5.41) is 9.15. The van der Waals surface area contributed by atoms with Gasteiger partial charge in [0, 0.05) is 6.42 Å². The van der Waals surface area contributed by atoms with Crippen LogP contribution in [0.5, 0.6) is 0 Å². The highest BCUT2D eigenvalue weighted by atomic mass is 19.1. The number of hydrogen-bond donors (Lipinski definition) is 1. The number of rotatable bonds is 6. The third kappa shape index (κ3) is 4.92. The molecule has 160 valence electrons. The topological polar surface area (TPSA) is 37.3 Å². The Labute approximate surface area is 175 Å². The largest absolute Gasteiger partial charge is 0.481 e. The van der Waals surface area contributed by atoms with Gasteiger partial charge < -0.3 is 5.11 Å². The molecule has 1 aromatic carbocycles. The highest BCUT2D eigenvalue weighted by Gasteiger charge is 2.52. The van der Waals surface area contributed by atoms with E-state index in [4.69, 9.17) is 5.11 Å². The molecule has 2 aliphatic carbocycles. The molecular formula is C26H37FO2. The smallest absolute Gasteiger partial charge is 0.303 e. The zero-order valence-electron chi connectivity index (χ0n) is 18.5. The van der Waals surface area contributed by atoms with Crippen molar-refractivity contribution in [3.63, 3.8) is 0 Å². The SMILES string of the molecule is CC(CC[C@H]1/C(=C/c2ccc(F)cc2)CC[C@H]2C(C)(C)CCC[C@]12C)CC(=O)O. The van der Waals surface area contributed by atoms with E-state index in [2.05, 4.69) is 33.8 Å². The van der Waals surface area contributed by atoms with Gasteiger partial charge in [0.15, 0.2) is 0 Å². The van der Waals surface area contributed by atoms with Crippen LogP contribution < -0.4 is 0 Å². The summed E-state index contributed by atoms with van der Waals surface area (Å²) in [5.74, 6) is 0.471. The highest BCUT2D eigenvalue weighted by Crippen LogP contribution is 2.62. The molecule has 4 atom stereocenters. The second-order valence-corrected chi connectivity index (χ2v) is 10.5. The van der Waals surface area contributed by atoms with Crippen molar-refractivity contribution in [3.05, 3.63) is 41.2 Å². The Kier molecular flexibility index (Phi) is 6.55. The van der Waals surface area contributed by atoms with E-state index in [1.54, 1.807) is 0 Å². The summed E-state index contributed by atoms with van der Waals surface area (Å²) < 4.78 is 13.4. The van der Waals surface area contributed by atoms with Crippen molar-refractivity contribution in [1.29, 1.82) is 0 Å². The van der Waals surface area contributed by atoms with Crippen LogP contribution in [0.1, 0.15) is 84.6 Å². The third-order valence-corrected chi connectivity index (χ3v) is 7.93. The molecule has 1 aromatic rings. The Morgan fingerprint density at radius 1 is 1.24 bits per heavy atom. The fraction of sp³-hybridized carbons (Fsp3) is 0.654. The maximum atomic E-state index is 13.4. The van der Waals surface area contributed by atoms with Crippen LogP contribution in [0, 0.1) is 34.4 Å². The van der Waals surface area contributed by atoms with Gasteiger partial charge in [0.05, 0.1) is 0 Å². The Bertz CT molecular complexity index is 748. The van der Waals surface area contributed by atoms with E-state index in [9.17, 15) is 9.18 Å². The number of benzene rings is 1. The molecule has 2 fully saturated rings. The number of carbonyl (C=O) groups is 1. The summed E-state index contributed by atoms with van der Waals surface area (Å²) in [5.41, 5.74) is 3.17. The van der Waals surface area contributed by atoms with Crippen LogP contribution >= 0.6 is 0 Å². The van der Waals surface area contributed by atoms with Gasteiger partial charge in [-0.15, -0.1) is 0 Å². The number of carboxylic acids is 1. The molecule has 0 spiro atoms. The number of hydrogen-bond acceptors (Lipinski definition) is 1. The first-order valence-electron chi connectivity index (χ1n) is 11.3. The van der Waals surface area contributed by atoms with E-state index in [-0.39, 0.29) is 23.6 Å². The standard InChI is InChI=1S/C26H37FO2/c1-18(16-24(28)29)6-12-22-20(17-19-7-10-21(27)11-8-19)9-13-23-25(2,3)14-5-15-26(22,23)4/h7-8,10-11,17-18,22-23H,5-6,9,12-16H2,1-4H3,(H,28,29)/b20-17+/t18?,22-,23-,26+/m0/s1. The van der Waals surface area contributed by atoms with Crippen molar-refractivity contribution in [3.8, 4) is 0 Å². The minimum Gasteiger partial charge on any atom is -0.481 e. The first-order valence-corrected chi connectivity index (χ1v) is 11.3. The first kappa shape index (κ1) is 22.1. The van der Waals surface area contributed by atoms with Crippen LogP contribution in [0.2, 0.25) is 0 Å². The fourth-order valence-corrected chi connectivity index (χ4v) is 6.52. The monoisotopic (exact) mass is 400 g/mol. The number of halogens is 1. The van der Waals surface area contributed by atoms with Crippen molar-refractivity contribution in [2.24, 2.45) is 28.6 Å². The molecule has 0 amide bonds. The summed E-state index contributed by atoms with van der Waals surface area (Å²) in [6.45, 7) is 9.43. The van der Waals surface area contributed by atoms with Crippen molar-refractivity contribution in [2.45, 2.75) is 79.1 Å². The second-order valence-electron chi connectivity index (χ2n) is 10.5. The van der Waals surface area contributed by atoms with Gasteiger partial charge in [-0.3, -0.25) is 4.79 Å². The van der Waals surface area contributed by atoms with Crippen molar-refractivity contribution < 1.29 is 14.3 Å². The summed E-state index contributed by atoms with van der Waals surface area (Å²) >= 11 is 0. The van der Waals surface area contributed by atoms with Gasteiger partial charge in [-0.25, -0.2) is 4.39 Å². The van der Waals surface area contributed by atoms with E-state index in [0.29, 0.717) is 17.3 Å². The Hall–Kier alpha value is -1.64. The normalized spacial score (nSPS) is 31.3. The van der Waals surface area contributed by atoms with Gasteiger partial charge >= 0.3 is 5.97 Å². The van der Waals surface area contributed by atoms with E-state index >= 15 is 0 Å². The van der Waals surface area contributed by atoms with Gasteiger partial charge in [0.25, 0.3) is 0 Å². The highest BCUT2D eigenvalue weighted by molar-refractivity contribution is 5.66. The number of carboxylic acid groups (broad SMARTS) is 1. The summed E-state index contributed by atoms with van der Waals surface area (Å²) in [7, 11) is 0. The van der Waals surface area contributed by atoms with Gasteiger partial charge in [0.2, 0.25) is 0 Å². The van der Waals surface area contributed by atoms with Crippen LogP contribution in [0.4, 0.5) is 4.39 Å². The molecule has 2 saturated carbocycles. The molecule has 0 saturated heterocycles. The summed E-state index contributed by atoms with van der Waals surface area (Å²) in [4.78, 5) is 11.1. The van der Waals surface area contributed by atoms with E-state index in [1.807, 2.05) is 12.1 Å². The van der Waals surface area contributed by atoms with Crippen LogP contribution in [0.3, 0.4) is 0 Å². The maximum Gasteiger partial charge on any atom is 0.303 e. The molecular weight excluding hydrogens is 363 g/mol. The minimum absolute atomic E-state index is 0.195. The van der Waals surface area contributed by atoms with Crippen LogP contribution in [-0.4, -0.2) is 11.1 Å². The molecule has 0 heterocycles. The molecule has 2 aliphatic rings. The lowest BCUT2D eigenvalue weighted by atomic mass is 9.47. The fourth-order valence-electron chi connectivity index (χ4n) is 6.52. The Balaban J connectivity index is 1.90. The Morgan fingerprint density at radius 3 is 2.59 bits per heavy atom. The van der Waals surface area contributed by atoms with Gasteiger partial charge in [-0.05, 0) is 84.8 Å². The van der Waals surface area contributed by atoms with Crippen LogP contribution in [0.25, 0.3) is 6.08 Å². The lowest BCUT2D eigenvalue weighted by molar-refractivity contribution is -0.138. The molecule has 0 aromatic heterocycles. The molecule has 29 heavy (non-hydrogen) atoms. The second kappa shape index (κ2) is 8.62. The van der Waals surface area contributed by atoms with E-state index < -0.39 is 5.97 Å². The van der Waals surface area contributed by atoms with Gasteiger partial charge in [-0.2, -0.15) is 0 Å². The lowest BCUT2D eigenvalue weighted by Gasteiger charge is -2.58. The molecule has 1 N–H and O–H groups in total. The van der Waals surface area contributed by atoms with Crippen molar-refractivity contribution >= 4 is 12.0 Å². The number of aliphatic carboxylic acids is 1. The summed E-state index contributed by atoms with van der Waals surface area (Å²) in [6.07, 6.45) is 10.7. The first-order chi connectivity index (χ1) is 13.6.